The fourth-order valence-electron chi connectivity index (χ4n) is 4.64. The van der Waals surface area contributed by atoms with Gasteiger partial charge in [-0.2, -0.15) is 0 Å². The molecule has 5 rings (SSSR count). The van der Waals surface area contributed by atoms with Crippen LogP contribution in [0.4, 0.5) is 5.95 Å². The standard InChI is InChI=1S/C24H30N4O2/c1-16-13-21-22(14-17(16)2)28(19-5-3-6-19)24(26-21)27-10-8-18(9-11-27)23(29)25-15-20-7-4-12-30-20/h4,7,12-14,18-19H,3,5-6,8-11,15H2,1-2H3,(H,25,29). The van der Waals surface area contributed by atoms with Crippen LogP contribution in [0.15, 0.2) is 34.9 Å². The number of amides is 1. The van der Waals surface area contributed by atoms with E-state index in [-0.39, 0.29) is 11.8 Å². The molecule has 2 aliphatic rings. The summed E-state index contributed by atoms with van der Waals surface area (Å²) in [5.74, 6) is 2.07. The highest BCUT2D eigenvalue weighted by Crippen LogP contribution is 2.39. The van der Waals surface area contributed by atoms with E-state index in [1.807, 2.05) is 12.1 Å². The number of aromatic nitrogens is 2. The molecule has 1 saturated carbocycles. The zero-order valence-corrected chi connectivity index (χ0v) is 17.9. The maximum atomic E-state index is 12.6. The first-order chi connectivity index (χ1) is 14.6. The lowest BCUT2D eigenvalue weighted by molar-refractivity contribution is -0.125. The number of carbonyl (C=O) groups excluding carboxylic acids is 1. The van der Waals surface area contributed by atoms with Gasteiger partial charge in [0.05, 0.1) is 23.8 Å². The Morgan fingerprint density at radius 1 is 1.17 bits per heavy atom. The highest BCUT2D eigenvalue weighted by Gasteiger charge is 2.31. The quantitative estimate of drug-likeness (QED) is 0.677. The van der Waals surface area contributed by atoms with Crippen LogP contribution in [0.25, 0.3) is 11.0 Å². The van der Waals surface area contributed by atoms with Gasteiger partial charge in [0.25, 0.3) is 0 Å². The van der Waals surface area contributed by atoms with E-state index in [4.69, 9.17) is 9.40 Å². The van der Waals surface area contributed by atoms with Crippen molar-refractivity contribution in [2.75, 3.05) is 18.0 Å². The van der Waals surface area contributed by atoms with Crippen molar-refractivity contribution in [2.45, 2.75) is 58.5 Å². The number of fused-ring (bicyclic) bond motifs is 1. The number of carbonyl (C=O) groups is 1. The molecule has 0 atom stereocenters. The average molecular weight is 407 g/mol. The van der Waals surface area contributed by atoms with Gasteiger partial charge < -0.3 is 19.2 Å². The van der Waals surface area contributed by atoms with Crippen LogP contribution < -0.4 is 10.2 Å². The van der Waals surface area contributed by atoms with Gasteiger partial charge in [0, 0.05) is 25.0 Å². The number of hydrogen-bond acceptors (Lipinski definition) is 4. The van der Waals surface area contributed by atoms with E-state index in [1.165, 1.54) is 35.9 Å². The Labute approximate surface area is 177 Å². The van der Waals surface area contributed by atoms with E-state index in [9.17, 15) is 4.79 Å². The monoisotopic (exact) mass is 406 g/mol. The molecule has 3 aromatic rings. The van der Waals surface area contributed by atoms with Crippen molar-refractivity contribution >= 4 is 22.9 Å². The highest BCUT2D eigenvalue weighted by molar-refractivity contribution is 5.81. The second-order valence-electron chi connectivity index (χ2n) is 8.85. The molecule has 0 radical (unpaired) electrons. The molecule has 1 aliphatic heterocycles. The molecule has 6 heteroatoms. The Bertz CT molecular complexity index is 1040. The van der Waals surface area contributed by atoms with Crippen molar-refractivity contribution in [3.05, 3.63) is 47.4 Å². The van der Waals surface area contributed by atoms with E-state index in [1.54, 1.807) is 6.26 Å². The fraction of sp³-hybridized carbons (Fsp3) is 0.500. The normalized spacial score (nSPS) is 18.0. The summed E-state index contributed by atoms with van der Waals surface area (Å²) in [5, 5.41) is 3.02. The molecule has 1 aliphatic carbocycles. The summed E-state index contributed by atoms with van der Waals surface area (Å²) in [6, 6.07) is 8.81. The number of benzene rings is 1. The third-order valence-corrected chi connectivity index (χ3v) is 6.89. The van der Waals surface area contributed by atoms with Crippen LogP contribution >= 0.6 is 0 Å². The lowest BCUT2D eigenvalue weighted by atomic mass is 9.92. The number of imidazole rings is 1. The van der Waals surface area contributed by atoms with Crippen LogP contribution in [0.3, 0.4) is 0 Å². The third kappa shape index (κ3) is 3.48. The van der Waals surface area contributed by atoms with E-state index in [0.717, 1.165) is 43.2 Å². The van der Waals surface area contributed by atoms with Crippen LogP contribution in [-0.2, 0) is 11.3 Å². The van der Waals surface area contributed by atoms with Crippen molar-refractivity contribution < 1.29 is 9.21 Å². The first-order valence-corrected chi connectivity index (χ1v) is 11.1. The minimum atomic E-state index is 0.0576. The molecule has 0 unspecified atom stereocenters. The van der Waals surface area contributed by atoms with Crippen molar-refractivity contribution in [3.8, 4) is 0 Å². The molecule has 3 heterocycles. The second-order valence-corrected chi connectivity index (χ2v) is 8.85. The lowest BCUT2D eigenvalue weighted by Gasteiger charge is -2.36. The Balaban J connectivity index is 1.31. The van der Waals surface area contributed by atoms with E-state index in [2.05, 4.69) is 40.8 Å². The molecule has 6 nitrogen and oxygen atoms in total. The summed E-state index contributed by atoms with van der Waals surface area (Å²) < 4.78 is 7.78. The minimum absolute atomic E-state index is 0.0576. The van der Waals surface area contributed by atoms with Crippen molar-refractivity contribution in [1.82, 2.24) is 14.9 Å². The lowest BCUT2D eigenvalue weighted by Crippen LogP contribution is -2.41. The summed E-state index contributed by atoms with van der Waals surface area (Å²) in [6.45, 7) is 6.53. The largest absolute Gasteiger partial charge is 0.467 e. The zero-order valence-electron chi connectivity index (χ0n) is 17.9. The summed E-state index contributed by atoms with van der Waals surface area (Å²) >= 11 is 0. The van der Waals surface area contributed by atoms with Crippen molar-refractivity contribution in [1.29, 1.82) is 0 Å². The number of nitrogens with zero attached hydrogens (tertiary/aromatic N) is 3. The topological polar surface area (TPSA) is 63.3 Å². The Morgan fingerprint density at radius 2 is 1.93 bits per heavy atom. The number of aryl methyl sites for hydroxylation is 2. The maximum absolute atomic E-state index is 12.6. The number of piperidine rings is 1. The molecule has 1 amide bonds. The SMILES string of the molecule is Cc1cc2nc(N3CCC(C(=O)NCc4ccco4)CC3)n(C3CCC3)c2cc1C. The second kappa shape index (κ2) is 7.82. The fourth-order valence-corrected chi connectivity index (χ4v) is 4.64. The molecule has 1 saturated heterocycles. The predicted molar refractivity (Wildman–Crippen MR) is 118 cm³/mol. The van der Waals surface area contributed by atoms with Gasteiger partial charge in [-0.1, -0.05) is 0 Å². The number of furan rings is 1. The number of hydrogen-bond donors (Lipinski definition) is 1. The van der Waals surface area contributed by atoms with Gasteiger partial charge in [-0.05, 0) is 81.3 Å². The Morgan fingerprint density at radius 3 is 2.60 bits per heavy atom. The smallest absolute Gasteiger partial charge is 0.223 e. The van der Waals surface area contributed by atoms with Crippen LogP contribution in [0.1, 0.15) is 55.0 Å². The van der Waals surface area contributed by atoms with E-state index in [0.29, 0.717) is 12.6 Å². The highest BCUT2D eigenvalue weighted by atomic mass is 16.3. The molecule has 30 heavy (non-hydrogen) atoms. The summed E-state index contributed by atoms with van der Waals surface area (Å²) in [4.78, 5) is 20.0. The van der Waals surface area contributed by atoms with Crippen LogP contribution in [0.2, 0.25) is 0 Å². The van der Waals surface area contributed by atoms with Gasteiger partial charge in [0.15, 0.2) is 0 Å². The third-order valence-electron chi connectivity index (χ3n) is 6.89. The Kier molecular flexibility index (Phi) is 5.01. The van der Waals surface area contributed by atoms with Gasteiger partial charge >= 0.3 is 0 Å². The van der Waals surface area contributed by atoms with Crippen molar-refractivity contribution in [2.24, 2.45) is 5.92 Å². The van der Waals surface area contributed by atoms with Gasteiger partial charge in [-0.25, -0.2) is 4.98 Å². The summed E-state index contributed by atoms with van der Waals surface area (Å²) in [5.41, 5.74) is 4.97. The van der Waals surface area contributed by atoms with Crippen molar-refractivity contribution in [3.63, 3.8) is 0 Å². The number of nitrogens with one attached hydrogen (secondary N) is 1. The minimum Gasteiger partial charge on any atom is -0.467 e. The summed E-state index contributed by atoms with van der Waals surface area (Å²) in [7, 11) is 0. The molecular formula is C24H30N4O2. The molecule has 1 N–H and O–H groups in total. The molecule has 2 fully saturated rings. The van der Waals surface area contributed by atoms with Crippen LogP contribution in [0.5, 0.6) is 0 Å². The van der Waals surface area contributed by atoms with Crippen LogP contribution in [0, 0.1) is 19.8 Å². The molecular weight excluding hydrogens is 376 g/mol. The number of anilines is 1. The first-order valence-electron chi connectivity index (χ1n) is 11.1. The summed E-state index contributed by atoms with van der Waals surface area (Å²) in [6.07, 6.45) is 7.11. The molecule has 0 bridgehead atoms. The Hall–Kier alpha value is -2.76. The van der Waals surface area contributed by atoms with Crippen LogP contribution in [-0.4, -0.2) is 28.5 Å². The van der Waals surface area contributed by atoms with Gasteiger partial charge in [-0.15, -0.1) is 0 Å². The molecule has 0 spiro atoms. The predicted octanol–water partition coefficient (Wildman–Crippen LogP) is 4.50. The maximum Gasteiger partial charge on any atom is 0.223 e. The number of rotatable bonds is 5. The first kappa shape index (κ1) is 19.2. The molecule has 158 valence electrons. The molecule has 2 aromatic heterocycles. The van der Waals surface area contributed by atoms with E-state index >= 15 is 0 Å². The van der Waals surface area contributed by atoms with Gasteiger partial charge in [0.2, 0.25) is 11.9 Å². The van der Waals surface area contributed by atoms with Gasteiger partial charge in [0.1, 0.15) is 5.76 Å². The molecule has 1 aromatic carbocycles. The zero-order chi connectivity index (χ0) is 20.7. The van der Waals surface area contributed by atoms with E-state index < -0.39 is 0 Å². The average Bonchev–Trinajstić information content (AvgIpc) is 3.34. The van der Waals surface area contributed by atoms with Gasteiger partial charge in [-0.3, -0.25) is 4.79 Å².